The maximum Gasteiger partial charge on any atom is 0.214 e. The first kappa shape index (κ1) is 13.1. The van der Waals surface area contributed by atoms with Crippen LogP contribution in [0.15, 0.2) is 23.4 Å². The molecule has 0 saturated heterocycles. The first-order chi connectivity index (χ1) is 8.74. The van der Waals surface area contributed by atoms with Crippen molar-refractivity contribution in [1.82, 2.24) is 20.2 Å². The number of aromatic nitrogens is 4. The third kappa shape index (κ3) is 2.72. The summed E-state index contributed by atoms with van der Waals surface area (Å²) in [6.45, 7) is 6.37. The van der Waals surface area contributed by atoms with Gasteiger partial charge in [-0.2, -0.15) is 4.68 Å². The third-order valence-electron chi connectivity index (χ3n) is 2.82. The Bertz CT molecular complexity index is 501. The van der Waals surface area contributed by atoms with Gasteiger partial charge in [-0.1, -0.05) is 43.3 Å². The molecule has 0 bridgehead atoms. The Morgan fingerprint density at radius 2 is 1.94 bits per heavy atom. The van der Waals surface area contributed by atoms with Crippen LogP contribution in [0.2, 0.25) is 0 Å². The Morgan fingerprint density at radius 3 is 2.61 bits per heavy atom. The van der Waals surface area contributed by atoms with Crippen LogP contribution >= 0.6 is 11.8 Å². The first-order valence-corrected chi connectivity index (χ1v) is 7.20. The minimum atomic E-state index is 0.876. The molecule has 4 nitrogen and oxygen atoms in total. The van der Waals surface area contributed by atoms with E-state index in [1.807, 2.05) is 4.68 Å². The van der Waals surface area contributed by atoms with Gasteiger partial charge in [0.25, 0.3) is 0 Å². The van der Waals surface area contributed by atoms with Crippen molar-refractivity contribution >= 4 is 11.8 Å². The van der Waals surface area contributed by atoms with Gasteiger partial charge in [-0.25, -0.2) is 0 Å². The molecule has 0 aliphatic carbocycles. The average Bonchev–Trinajstić information content (AvgIpc) is 2.78. The highest BCUT2D eigenvalue weighted by molar-refractivity contribution is 7.99. The zero-order chi connectivity index (χ0) is 13.0. The van der Waals surface area contributed by atoms with Crippen molar-refractivity contribution in [3.63, 3.8) is 0 Å². The van der Waals surface area contributed by atoms with E-state index in [1.54, 1.807) is 11.8 Å². The Balaban J connectivity index is 2.31. The number of aryl methyl sites for hydroxylation is 2. The van der Waals surface area contributed by atoms with Gasteiger partial charge in [0, 0.05) is 5.75 Å². The monoisotopic (exact) mass is 262 g/mol. The molecule has 0 spiro atoms. The van der Waals surface area contributed by atoms with E-state index in [2.05, 4.69) is 54.5 Å². The second-order valence-electron chi connectivity index (χ2n) is 4.32. The molecule has 5 heteroatoms. The summed E-state index contributed by atoms with van der Waals surface area (Å²) in [6.07, 6.45) is 2.38. The van der Waals surface area contributed by atoms with Crippen LogP contribution < -0.4 is 0 Å². The number of hydrogen-bond donors (Lipinski definition) is 0. The van der Waals surface area contributed by atoms with Gasteiger partial charge >= 0.3 is 0 Å². The number of nitrogens with zero attached hydrogens (tertiary/aromatic N) is 4. The molecule has 0 radical (unpaired) electrons. The van der Waals surface area contributed by atoms with Gasteiger partial charge in [-0.05, 0) is 41.8 Å². The van der Waals surface area contributed by atoms with E-state index in [0.29, 0.717) is 0 Å². The molecule has 0 aliphatic heterocycles. The molecule has 0 fully saturated rings. The van der Waals surface area contributed by atoms with Gasteiger partial charge in [0.2, 0.25) is 5.16 Å². The largest absolute Gasteiger partial charge is 0.214 e. The quantitative estimate of drug-likeness (QED) is 0.613. The fraction of sp³-hybridized carbons (Fsp3) is 0.462. The summed E-state index contributed by atoms with van der Waals surface area (Å²) >= 11 is 1.72. The Labute approximate surface area is 112 Å². The Kier molecular flexibility index (Phi) is 4.36. The summed E-state index contributed by atoms with van der Waals surface area (Å²) in [6, 6.07) is 6.23. The van der Waals surface area contributed by atoms with Crippen molar-refractivity contribution < 1.29 is 0 Å². The maximum atomic E-state index is 4.12. The average molecular weight is 262 g/mol. The van der Waals surface area contributed by atoms with Crippen LogP contribution in [0, 0.1) is 13.8 Å². The number of tetrazole rings is 1. The molecule has 0 saturated carbocycles. The van der Waals surface area contributed by atoms with Crippen molar-refractivity contribution in [2.45, 2.75) is 38.8 Å². The van der Waals surface area contributed by atoms with E-state index in [4.69, 9.17) is 0 Å². The van der Waals surface area contributed by atoms with E-state index >= 15 is 0 Å². The Hall–Kier alpha value is -1.36. The molecule has 0 amide bonds. The van der Waals surface area contributed by atoms with Crippen molar-refractivity contribution in [3.8, 4) is 5.69 Å². The summed E-state index contributed by atoms with van der Waals surface area (Å²) in [7, 11) is 0. The molecule has 2 aromatic rings. The van der Waals surface area contributed by atoms with E-state index in [-0.39, 0.29) is 0 Å². The Morgan fingerprint density at radius 1 is 1.22 bits per heavy atom. The molecule has 96 valence electrons. The lowest BCUT2D eigenvalue weighted by Crippen LogP contribution is -2.04. The van der Waals surface area contributed by atoms with Crippen LogP contribution in [0.5, 0.6) is 0 Å². The minimum Gasteiger partial charge on any atom is -0.187 e. The fourth-order valence-corrected chi connectivity index (χ4v) is 2.82. The molecule has 0 unspecified atom stereocenters. The van der Waals surface area contributed by atoms with Gasteiger partial charge in [0.05, 0.1) is 5.69 Å². The molecule has 18 heavy (non-hydrogen) atoms. The van der Waals surface area contributed by atoms with E-state index < -0.39 is 0 Å². The standard InChI is InChI=1S/C13H18N4S/c1-4-5-9-18-13-14-15-16-17(13)12-10(2)7-6-8-11(12)3/h6-8H,4-5,9H2,1-3H3. The summed E-state index contributed by atoms with van der Waals surface area (Å²) in [5.74, 6) is 1.06. The molecule has 0 atom stereocenters. The molecular formula is C13H18N4S. The molecule has 2 rings (SSSR count). The van der Waals surface area contributed by atoms with Gasteiger partial charge in [0.1, 0.15) is 0 Å². The highest BCUT2D eigenvalue weighted by atomic mass is 32.2. The van der Waals surface area contributed by atoms with Crippen molar-refractivity contribution in [2.24, 2.45) is 0 Å². The van der Waals surface area contributed by atoms with Gasteiger partial charge in [0.15, 0.2) is 0 Å². The van der Waals surface area contributed by atoms with Crippen LogP contribution in [0.4, 0.5) is 0 Å². The number of thioether (sulfide) groups is 1. The number of para-hydroxylation sites is 1. The molecular weight excluding hydrogens is 244 g/mol. The third-order valence-corrected chi connectivity index (χ3v) is 3.83. The van der Waals surface area contributed by atoms with Crippen LogP contribution in [0.25, 0.3) is 5.69 Å². The van der Waals surface area contributed by atoms with E-state index in [1.165, 1.54) is 24.0 Å². The lowest BCUT2D eigenvalue weighted by atomic mass is 10.1. The van der Waals surface area contributed by atoms with Gasteiger partial charge in [-0.15, -0.1) is 5.10 Å². The second-order valence-corrected chi connectivity index (χ2v) is 5.38. The number of rotatable bonds is 5. The predicted molar refractivity (Wildman–Crippen MR) is 74.3 cm³/mol. The summed E-state index contributed by atoms with van der Waals surface area (Å²) in [5, 5.41) is 12.9. The molecule has 0 N–H and O–H groups in total. The van der Waals surface area contributed by atoms with Crippen LogP contribution in [-0.2, 0) is 0 Å². The lowest BCUT2D eigenvalue weighted by Gasteiger charge is -2.10. The van der Waals surface area contributed by atoms with Gasteiger partial charge in [-0.3, -0.25) is 0 Å². The summed E-state index contributed by atoms with van der Waals surface area (Å²) in [4.78, 5) is 0. The summed E-state index contributed by atoms with van der Waals surface area (Å²) in [5.41, 5.74) is 3.49. The zero-order valence-electron chi connectivity index (χ0n) is 11.1. The van der Waals surface area contributed by atoms with Crippen molar-refractivity contribution in [3.05, 3.63) is 29.3 Å². The number of unbranched alkanes of at least 4 members (excludes halogenated alkanes) is 1. The molecule has 1 aromatic carbocycles. The van der Waals surface area contributed by atoms with Crippen molar-refractivity contribution in [1.29, 1.82) is 0 Å². The second kappa shape index (κ2) is 6.00. The van der Waals surface area contributed by atoms with Crippen LogP contribution in [0.3, 0.4) is 0 Å². The molecule has 0 aliphatic rings. The van der Waals surface area contributed by atoms with Crippen LogP contribution in [0.1, 0.15) is 30.9 Å². The fourth-order valence-electron chi connectivity index (χ4n) is 1.86. The van der Waals surface area contributed by atoms with Crippen LogP contribution in [-0.4, -0.2) is 26.0 Å². The summed E-state index contributed by atoms with van der Waals surface area (Å²) < 4.78 is 1.85. The molecule has 1 aromatic heterocycles. The van der Waals surface area contributed by atoms with E-state index in [9.17, 15) is 0 Å². The van der Waals surface area contributed by atoms with Crippen molar-refractivity contribution in [2.75, 3.05) is 5.75 Å². The van der Waals surface area contributed by atoms with E-state index in [0.717, 1.165) is 16.6 Å². The topological polar surface area (TPSA) is 43.6 Å². The smallest absolute Gasteiger partial charge is 0.187 e. The SMILES string of the molecule is CCCCSc1nnnn1-c1c(C)cccc1C. The predicted octanol–water partition coefficient (Wildman–Crippen LogP) is 3.17. The lowest BCUT2D eigenvalue weighted by molar-refractivity contribution is 0.746. The number of hydrogen-bond acceptors (Lipinski definition) is 4. The number of benzene rings is 1. The normalized spacial score (nSPS) is 10.8. The highest BCUT2D eigenvalue weighted by Gasteiger charge is 2.12. The molecule has 1 heterocycles. The highest BCUT2D eigenvalue weighted by Crippen LogP contribution is 2.23. The minimum absolute atomic E-state index is 0.876. The zero-order valence-corrected chi connectivity index (χ0v) is 11.9. The van der Waals surface area contributed by atoms with Gasteiger partial charge < -0.3 is 0 Å². The maximum absolute atomic E-state index is 4.12. The first-order valence-electron chi connectivity index (χ1n) is 6.21.